The minimum atomic E-state index is -0.428. The summed E-state index contributed by atoms with van der Waals surface area (Å²) < 4.78 is 23.6. The summed E-state index contributed by atoms with van der Waals surface area (Å²) in [7, 11) is 4.01. The van der Waals surface area contributed by atoms with Gasteiger partial charge in [-0.25, -0.2) is 4.79 Å². The first-order valence-corrected chi connectivity index (χ1v) is 28.7. The van der Waals surface area contributed by atoms with Gasteiger partial charge >= 0.3 is 24.0 Å². The summed E-state index contributed by atoms with van der Waals surface area (Å²) in [6, 6.07) is 0. The van der Waals surface area contributed by atoms with Gasteiger partial charge in [0.05, 0.1) is 6.61 Å². The van der Waals surface area contributed by atoms with Crippen LogP contribution in [0.5, 0.6) is 0 Å². The van der Waals surface area contributed by atoms with Crippen LogP contribution in [0.3, 0.4) is 0 Å². The average Bonchev–Trinajstić information content (AvgIpc) is 3.30. The molecule has 0 radical (unpaired) electrons. The van der Waals surface area contributed by atoms with Crippen molar-refractivity contribution < 1.29 is 38.1 Å². The molecule has 67 heavy (non-hydrogen) atoms. The summed E-state index contributed by atoms with van der Waals surface area (Å²) in [4.78, 5) is 55.6. The molecular formula is C57H110N2O8. The molecular weight excluding hydrogens is 841 g/mol. The van der Waals surface area contributed by atoms with E-state index in [0.717, 1.165) is 167 Å². The summed E-state index contributed by atoms with van der Waals surface area (Å²) >= 11 is 0. The van der Waals surface area contributed by atoms with Gasteiger partial charge in [0.25, 0.3) is 0 Å². The Morgan fingerprint density at radius 3 is 1.04 bits per heavy atom. The SMILES string of the molecule is CCCCCCC(CCCCCC)OC(=O)CCCCCCCCC(CCCCCCCCC(=O)OC(CCCCCC)CCCCCC)OC(=O)N(CCCN(C)C)CC(=O)OCCCC. The smallest absolute Gasteiger partial charge is 0.410 e. The Hall–Kier alpha value is -2.36. The van der Waals surface area contributed by atoms with E-state index in [1.807, 2.05) is 14.1 Å². The van der Waals surface area contributed by atoms with Gasteiger partial charge in [-0.05, 0) is 123 Å². The molecule has 0 unspecified atom stereocenters. The Morgan fingerprint density at radius 1 is 0.358 bits per heavy atom. The van der Waals surface area contributed by atoms with E-state index in [4.69, 9.17) is 18.9 Å². The van der Waals surface area contributed by atoms with E-state index in [9.17, 15) is 19.2 Å². The number of hydrogen-bond acceptors (Lipinski definition) is 9. The van der Waals surface area contributed by atoms with E-state index in [0.29, 0.717) is 26.0 Å². The van der Waals surface area contributed by atoms with Gasteiger partial charge in [-0.1, -0.05) is 169 Å². The molecule has 0 aliphatic carbocycles. The van der Waals surface area contributed by atoms with Crippen LogP contribution in [-0.4, -0.2) is 92.4 Å². The number of nitrogens with zero attached hydrogens (tertiary/aromatic N) is 2. The number of hydrogen-bond donors (Lipinski definition) is 0. The van der Waals surface area contributed by atoms with Gasteiger partial charge in [0, 0.05) is 19.4 Å². The summed E-state index contributed by atoms with van der Waals surface area (Å²) in [5, 5.41) is 0. The number of amides is 1. The number of carbonyl (C=O) groups excluding carboxylic acids is 4. The van der Waals surface area contributed by atoms with Gasteiger partial charge in [-0.3, -0.25) is 19.3 Å². The standard InChI is InChI=1S/C57H110N2O8/c1-8-13-18-30-39-51(40-31-19-14-9-2)65-54(60)45-36-28-24-22-26-34-43-53(67-57(63)59(48-38-47-58(6)7)50-56(62)64-49-17-12-5)44-35-27-23-25-29-37-46-55(61)66-52(41-32-20-15-10-3)42-33-21-16-11-4/h51-53H,8-50H2,1-7H3. The van der Waals surface area contributed by atoms with Crippen LogP contribution in [0.2, 0.25) is 0 Å². The van der Waals surface area contributed by atoms with Gasteiger partial charge in [0.1, 0.15) is 24.9 Å². The van der Waals surface area contributed by atoms with Crippen LogP contribution < -0.4 is 0 Å². The zero-order valence-corrected chi connectivity index (χ0v) is 45.3. The molecule has 0 aromatic heterocycles. The largest absolute Gasteiger partial charge is 0.464 e. The van der Waals surface area contributed by atoms with Crippen molar-refractivity contribution in [3.63, 3.8) is 0 Å². The number of carbonyl (C=O) groups is 4. The second kappa shape index (κ2) is 48.7. The van der Waals surface area contributed by atoms with Crippen molar-refractivity contribution in [1.29, 1.82) is 0 Å². The van der Waals surface area contributed by atoms with Gasteiger partial charge in [-0.15, -0.1) is 0 Å². The maximum atomic E-state index is 13.7. The number of ether oxygens (including phenoxy) is 4. The summed E-state index contributed by atoms with van der Waals surface area (Å²) in [5.41, 5.74) is 0. The Morgan fingerprint density at radius 2 is 0.687 bits per heavy atom. The second-order valence-corrected chi connectivity index (χ2v) is 20.1. The minimum Gasteiger partial charge on any atom is -0.464 e. The maximum absolute atomic E-state index is 13.7. The second-order valence-electron chi connectivity index (χ2n) is 20.1. The number of esters is 3. The van der Waals surface area contributed by atoms with E-state index in [1.165, 1.54) is 81.9 Å². The lowest BCUT2D eigenvalue weighted by atomic mass is 10.0. The molecule has 0 aromatic carbocycles. The van der Waals surface area contributed by atoms with E-state index in [1.54, 1.807) is 0 Å². The fourth-order valence-corrected chi connectivity index (χ4v) is 8.73. The highest BCUT2D eigenvalue weighted by Gasteiger charge is 2.23. The average molecular weight is 952 g/mol. The third kappa shape index (κ3) is 43.4. The summed E-state index contributed by atoms with van der Waals surface area (Å²) in [5.74, 6) is -0.450. The molecule has 0 bridgehead atoms. The van der Waals surface area contributed by atoms with Gasteiger partial charge in [0.15, 0.2) is 0 Å². The zero-order chi connectivity index (χ0) is 49.4. The lowest BCUT2D eigenvalue weighted by Gasteiger charge is -2.26. The van der Waals surface area contributed by atoms with Crippen LogP contribution in [0.25, 0.3) is 0 Å². The Labute approximate surface area is 414 Å². The summed E-state index contributed by atoms with van der Waals surface area (Å²) in [6.45, 7) is 12.5. The highest BCUT2D eigenvalue weighted by molar-refractivity contribution is 5.78. The van der Waals surface area contributed by atoms with Crippen molar-refractivity contribution >= 4 is 24.0 Å². The molecule has 10 heteroatoms. The van der Waals surface area contributed by atoms with E-state index in [2.05, 4.69) is 39.5 Å². The Kier molecular flexibility index (Phi) is 46.9. The topological polar surface area (TPSA) is 112 Å². The molecule has 0 heterocycles. The number of unbranched alkanes of at least 4 members (excludes halogenated alkanes) is 23. The van der Waals surface area contributed by atoms with Gasteiger partial charge in [-0.2, -0.15) is 0 Å². The van der Waals surface area contributed by atoms with Crippen LogP contribution in [0.15, 0.2) is 0 Å². The van der Waals surface area contributed by atoms with Crippen LogP contribution >= 0.6 is 0 Å². The van der Waals surface area contributed by atoms with Crippen molar-refractivity contribution in [3.05, 3.63) is 0 Å². The molecule has 0 spiro atoms. The quantitative estimate of drug-likeness (QED) is 0.0334. The predicted molar refractivity (Wildman–Crippen MR) is 280 cm³/mol. The summed E-state index contributed by atoms with van der Waals surface area (Å²) in [6.07, 6.45) is 39.9. The number of rotatable bonds is 50. The molecule has 0 rings (SSSR count). The Balaban J connectivity index is 5.08. The lowest BCUT2D eigenvalue weighted by Crippen LogP contribution is -2.40. The molecule has 0 aromatic rings. The van der Waals surface area contributed by atoms with Gasteiger partial charge < -0.3 is 23.8 Å². The minimum absolute atomic E-state index is 0.0318. The van der Waals surface area contributed by atoms with E-state index < -0.39 is 6.09 Å². The lowest BCUT2D eigenvalue weighted by molar-refractivity contribution is -0.151. The van der Waals surface area contributed by atoms with Crippen molar-refractivity contribution in [2.75, 3.05) is 40.3 Å². The normalized spacial score (nSPS) is 11.6. The van der Waals surface area contributed by atoms with Crippen molar-refractivity contribution in [2.45, 2.75) is 303 Å². The predicted octanol–water partition coefficient (Wildman–Crippen LogP) is 16.0. The van der Waals surface area contributed by atoms with Crippen LogP contribution in [0.4, 0.5) is 4.79 Å². The zero-order valence-electron chi connectivity index (χ0n) is 45.3. The molecule has 10 nitrogen and oxygen atoms in total. The Bertz CT molecular complexity index is 1050. The van der Waals surface area contributed by atoms with Gasteiger partial charge in [0.2, 0.25) is 0 Å². The first-order chi connectivity index (χ1) is 32.6. The molecule has 0 aliphatic heterocycles. The molecule has 0 N–H and O–H groups in total. The van der Waals surface area contributed by atoms with Crippen LogP contribution in [0.1, 0.15) is 285 Å². The molecule has 0 aliphatic rings. The maximum Gasteiger partial charge on any atom is 0.410 e. The molecule has 0 atom stereocenters. The van der Waals surface area contributed by atoms with Crippen molar-refractivity contribution in [1.82, 2.24) is 9.80 Å². The first-order valence-electron chi connectivity index (χ1n) is 28.7. The molecule has 0 saturated carbocycles. The molecule has 0 saturated heterocycles. The fraction of sp³-hybridized carbons (Fsp3) is 0.930. The van der Waals surface area contributed by atoms with Crippen LogP contribution in [-0.2, 0) is 33.3 Å². The molecule has 1 amide bonds. The monoisotopic (exact) mass is 951 g/mol. The fourth-order valence-electron chi connectivity index (χ4n) is 8.73. The van der Waals surface area contributed by atoms with Crippen molar-refractivity contribution in [3.8, 4) is 0 Å². The van der Waals surface area contributed by atoms with E-state index >= 15 is 0 Å². The third-order valence-corrected chi connectivity index (χ3v) is 13.1. The highest BCUT2D eigenvalue weighted by atomic mass is 16.6. The molecule has 0 fully saturated rings. The van der Waals surface area contributed by atoms with E-state index in [-0.39, 0.29) is 42.8 Å². The third-order valence-electron chi connectivity index (χ3n) is 13.1. The van der Waals surface area contributed by atoms with Crippen molar-refractivity contribution in [2.24, 2.45) is 0 Å². The highest BCUT2D eigenvalue weighted by Crippen LogP contribution is 2.21. The first kappa shape index (κ1) is 64.6. The molecule has 396 valence electrons. The van der Waals surface area contributed by atoms with Crippen LogP contribution in [0, 0.1) is 0 Å².